The molecule has 0 aromatic rings. The fraction of sp³-hybridized carbons (Fsp3) is 0.762. The Bertz CT molecular complexity index is 514. The van der Waals surface area contributed by atoms with E-state index in [0.29, 0.717) is 6.42 Å². The van der Waals surface area contributed by atoms with Gasteiger partial charge >= 0.3 is 5.97 Å². The van der Waals surface area contributed by atoms with E-state index in [4.69, 9.17) is 18.5 Å². The molecule has 146 valence electrons. The van der Waals surface area contributed by atoms with Crippen molar-refractivity contribution in [1.29, 1.82) is 0 Å². The lowest BCUT2D eigenvalue weighted by molar-refractivity contribution is -0.149. The molecule has 0 saturated carbocycles. The van der Waals surface area contributed by atoms with Crippen LogP contribution in [0.15, 0.2) is 24.3 Å². The number of carbonyl (C=O) groups is 1. The molecule has 0 aliphatic rings. The van der Waals surface area contributed by atoms with Gasteiger partial charge in [-0.2, -0.15) is 0 Å². The second kappa shape index (κ2) is 19.5. The third-order valence-electron chi connectivity index (χ3n) is 3.73. The average molecular weight is 378 g/mol. The highest BCUT2D eigenvalue weighted by Gasteiger charge is 2.11. The Hall–Kier alpha value is -0.800. The number of unbranched alkanes of at least 4 members (excludes halogenated alkanes) is 8. The highest BCUT2D eigenvalue weighted by atomic mass is 35.5. The van der Waals surface area contributed by atoms with Gasteiger partial charge in [-0.3, -0.25) is 4.79 Å². The zero-order valence-corrected chi connectivity index (χ0v) is 16.2. The van der Waals surface area contributed by atoms with Crippen molar-refractivity contribution in [3.8, 4) is 0 Å². The molecule has 0 rings (SSSR count). The molecule has 0 heterocycles. The van der Waals surface area contributed by atoms with E-state index in [1.807, 2.05) is 0 Å². The Morgan fingerprint density at radius 1 is 1.08 bits per heavy atom. The Labute approximate surface area is 166 Å². The topological polar surface area (TPSA) is 46.5 Å². The number of alkyl halides is 1. The molecule has 0 fully saturated rings. The quantitative estimate of drug-likeness (QED) is 0.147. The summed E-state index contributed by atoms with van der Waals surface area (Å²) >= 11 is 5.33. The Morgan fingerprint density at radius 3 is 2.28 bits per heavy atom. The monoisotopic (exact) mass is 377 g/mol. The summed E-state index contributed by atoms with van der Waals surface area (Å²) < 4.78 is 41.1. The van der Waals surface area contributed by atoms with Crippen LogP contribution in [0.25, 0.3) is 0 Å². The van der Waals surface area contributed by atoms with Crippen LogP contribution in [0.1, 0.15) is 90.8 Å². The van der Waals surface area contributed by atoms with Crippen molar-refractivity contribution in [2.45, 2.75) is 90.1 Å². The Kier molecular flexibility index (Phi) is 12.8. The minimum absolute atomic E-state index is 0.0891. The predicted octanol–water partition coefficient (Wildman–Crippen LogP) is 5.94. The number of hydrogen-bond acceptors (Lipinski definition) is 3. The van der Waals surface area contributed by atoms with Crippen LogP contribution in [0.3, 0.4) is 0 Å². The van der Waals surface area contributed by atoms with Crippen molar-refractivity contribution in [3.63, 3.8) is 0 Å². The van der Waals surface area contributed by atoms with E-state index in [2.05, 4.69) is 36.0 Å². The third kappa shape index (κ3) is 17.8. The number of esters is 1. The molecule has 0 spiro atoms. The van der Waals surface area contributed by atoms with Crippen LogP contribution in [0, 0.1) is 0 Å². The first-order valence-electron chi connectivity index (χ1n) is 11.9. The smallest absolute Gasteiger partial charge is 0.306 e. The summed E-state index contributed by atoms with van der Waals surface area (Å²) in [6.07, 6.45) is 16.7. The largest absolute Gasteiger partial charge is 0.459 e. The number of halogens is 1. The Morgan fingerprint density at radius 2 is 1.68 bits per heavy atom. The van der Waals surface area contributed by atoms with Crippen LogP contribution < -0.4 is 0 Å². The summed E-state index contributed by atoms with van der Waals surface area (Å²) in [5.74, 6) is -4.04. The van der Waals surface area contributed by atoms with Gasteiger partial charge in [0.2, 0.25) is 0 Å². The first kappa shape index (κ1) is 16.4. The summed E-state index contributed by atoms with van der Waals surface area (Å²) in [7, 11) is 0. The van der Waals surface area contributed by atoms with Crippen LogP contribution in [0.2, 0.25) is 0 Å². The molecular weight excluding hydrogens is 336 g/mol. The standard InChI is InChI=1S/C21H37ClO3/c1-2-3-4-5-6-7-8-9-10-11-12-13-14-15-16-17-21(24)25-20(18-22)19-23/h6-7,9-10,20,23H,2-5,8,11-19H2,1H3/b7-6-,10-9-/i18D2,19D2,20D. The first-order valence-corrected chi connectivity index (χ1v) is 9.76. The van der Waals surface area contributed by atoms with E-state index in [1.54, 1.807) is 0 Å². The molecular formula is C21H37ClO3. The van der Waals surface area contributed by atoms with Gasteiger partial charge in [0.1, 0.15) is 6.08 Å². The summed E-state index contributed by atoms with van der Waals surface area (Å²) in [6, 6.07) is 0. The summed E-state index contributed by atoms with van der Waals surface area (Å²) in [5.41, 5.74) is 0. The van der Waals surface area contributed by atoms with E-state index in [1.165, 1.54) is 19.3 Å². The first-order chi connectivity index (χ1) is 14.0. The highest BCUT2D eigenvalue weighted by molar-refractivity contribution is 6.18. The molecule has 0 aromatic carbocycles. The summed E-state index contributed by atoms with van der Waals surface area (Å²) in [5, 5.41) is 9.36. The zero-order chi connectivity index (χ0) is 23.1. The van der Waals surface area contributed by atoms with E-state index in [-0.39, 0.29) is 6.42 Å². The van der Waals surface area contributed by atoms with E-state index >= 15 is 0 Å². The molecule has 0 radical (unpaired) electrons. The maximum absolute atomic E-state index is 11.8. The molecule has 0 bridgehead atoms. The van der Waals surface area contributed by atoms with Crippen LogP contribution in [-0.4, -0.2) is 29.5 Å². The zero-order valence-electron chi connectivity index (χ0n) is 20.4. The fourth-order valence-corrected chi connectivity index (χ4v) is 2.39. The number of aliphatic hydroxyl groups is 1. The van der Waals surface area contributed by atoms with Crippen molar-refractivity contribution in [2.75, 3.05) is 12.4 Å². The lowest BCUT2D eigenvalue weighted by atomic mass is 10.1. The molecule has 0 saturated heterocycles. The van der Waals surface area contributed by atoms with Crippen molar-refractivity contribution in [2.24, 2.45) is 0 Å². The molecule has 0 aliphatic heterocycles. The van der Waals surface area contributed by atoms with Gasteiger partial charge in [-0.15, -0.1) is 11.6 Å². The van der Waals surface area contributed by atoms with E-state index < -0.39 is 24.4 Å². The SMILES string of the molecule is [2H]C([2H])(O)C([2H])(OC(=O)CCCCCCC/C=C\C/C=C\CCCCC)C([2H])([2H])Cl. The third-order valence-corrected chi connectivity index (χ3v) is 3.91. The molecule has 4 heteroatoms. The Balaban J connectivity index is 3.87. The molecule has 0 aromatic heterocycles. The fourth-order valence-electron chi connectivity index (χ4n) is 2.31. The number of rotatable bonds is 17. The van der Waals surface area contributed by atoms with Gasteiger partial charge in [-0.25, -0.2) is 0 Å². The summed E-state index contributed by atoms with van der Waals surface area (Å²) in [4.78, 5) is 11.8. The van der Waals surface area contributed by atoms with Crippen LogP contribution in [0.4, 0.5) is 0 Å². The molecule has 3 nitrogen and oxygen atoms in total. The van der Waals surface area contributed by atoms with Crippen molar-refractivity contribution in [3.05, 3.63) is 24.3 Å². The lowest BCUT2D eigenvalue weighted by Gasteiger charge is -2.12. The second-order valence-electron chi connectivity index (χ2n) is 5.99. The van der Waals surface area contributed by atoms with Gasteiger partial charge in [-0.05, 0) is 38.5 Å². The van der Waals surface area contributed by atoms with Gasteiger partial charge in [0, 0.05) is 9.16 Å². The lowest BCUT2D eigenvalue weighted by Crippen LogP contribution is -2.23. The maximum Gasteiger partial charge on any atom is 0.306 e. The van der Waals surface area contributed by atoms with Crippen molar-refractivity contribution in [1.82, 2.24) is 0 Å². The van der Waals surface area contributed by atoms with E-state index in [9.17, 15) is 9.90 Å². The second-order valence-corrected chi connectivity index (χ2v) is 6.18. The highest BCUT2D eigenvalue weighted by Crippen LogP contribution is 2.09. The molecule has 1 atom stereocenters. The predicted molar refractivity (Wildman–Crippen MR) is 107 cm³/mol. The minimum Gasteiger partial charge on any atom is -0.459 e. The maximum atomic E-state index is 11.8. The van der Waals surface area contributed by atoms with Crippen molar-refractivity contribution < 1.29 is 21.5 Å². The minimum atomic E-state index is -3.44. The number of carbonyl (C=O) groups excluding carboxylic acids is 1. The van der Waals surface area contributed by atoms with Crippen LogP contribution in [0.5, 0.6) is 0 Å². The molecule has 0 amide bonds. The molecule has 0 aliphatic carbocycles. The van der Waals surface area contributed by atoms with Gasteiger partial charge in [0.25, 0.3) is 0 Å². The molecule has 1 N–H and O–H groups in total. The summed E-state index contributed by atoms with van der Waals surface area (Å²) in [6.45, 7) is -1.24. The number of ether oxygens (including phenoxy) is 1. The van der Waals surface area contributed by atoms with Gasteiger partial charge in [-0.1, -0.05) is 63.3 Å². The van der Waals surface area contributed by atoms with E-state index in [0.717, 1.165) is 44.9 Å². The molecule has 1 unspecified atom stereocenters. The van der Waals surface area contributed by atoms with Crippen molar-refractivity contribution >= 4 is 17.6 Å². The molecule has 25 heavy (non-hydrogen) atoms. The number of hydrogen-bond donors (Lipinski definition) is 1. The number of allylic oxidation sites excluding steroid dienone is 4. The average Bonchev–Trinajstić information content (AvgIpc) is 2.63. The van der Waals surface area contributed by atoms with Gasteiger partial charge in [0.15, 0.2) is 0 Å². The van der Waals surface area contributed by atoms with Gasteiger partial charge in [0.05, 0.1) is 16.5 Å². The van der Waals surface area contributed by atoms with Crippen LogP contribution >= 0.6 is 11.6 Å². The van der Waals surface area contributed by atoms with Crippen LogP contribution in [-0.2, 0) is 9.53 Å². The normalized spacial score (nSPS) is 18.3. The van der Waals surface area contributed by atoms with Gasteiger partial charge < -0.3 is 9.84 Å².